The van der Waals surface area contributed by atoms with Gasteiger partial charge >= 0.3 is 0 Å². The van der Waals surface area contributed by atoms with Crippen molar-refractivity contribution in [3.63, 3.8) is 0 Å². The van der Waals surface area contributed by atoms with Crippen molar-refractivity contribution in [1.29, 1.82) is 5.41 Å². The Labute approximate surface area is 94.2 Å². The minimum atomic E-state index is -0.331. The van der Waals surface area contributed by atoms with Crippen molar-refractivity contribution >= 4 is 17.6 Å². The number of thioether (sulfide) groups is 1. The Morgan fingerprint density at radius 3 is 2.27 bits per heavy atom. The molecule has 0 aromatic heterocycles. The Morgan fingerprint density at radius 1 is 1.33 bits per heavy atom. The highest BCUT2D eigenvalue weighted by Crippen LogP contribution is 2.25. The van der Waals surface area contributed by atoms with Gasteiger partial charge in [-0.05, 0) is 19.1 Å². The minimum Gasteiger partial charge on any atom is -0.392 e. The molecule has 4 N–H and O–H groups in total. The number of amidine groups is 1. The molecule has 0 bridgehead atoms. The van der Waals surface area contributed by atoms with Gasteiger partial charge in [0, 0.05) is 15.7 Å². The number of nitrogens with one attached hydrogen (secondary N) is 1. The summed E-state index contributed by atoms with van der Waals surface area (Å²) in [7, 11) is 0. The van der Waals surface area contributed by atoms with Gasteiger partial charge in [-0.1, -0.05) is 19.1 Å². The Morgan fingerprint density at radius 2 is 1.87 bits per heavy atom. The highest BCUT2D eigenvalue weighted by atomic mass is 32.2. The fourth-order valence-corrected chi connectivity index (χ4v) is 1.95. The van der Waals surface area contributed by atoms with Crippen LogP contribution < -0.4 is 5.73 Å². The predicted molar refractivity (Wildman–Crippen MR) is 64.5 cm³/mol. The number of hydrogen-bond donors (Lipinski definition) is 3. The van der Waals surface area contributed by atoms with Gasteiger partial charge in [0.05, 0.1) is 6.10 Å². The van der Waals surface area contributed by atoms with Gasteiger partial charge in [-0.15, -0.1) is 11.8 Å². The molecule has 0 saturated heterocycles. The minimum absolute atomic E-state index is 0.0788. The average molecular weight is 224 g/mol. The lowest BCUT2D eigenvalue weighted by molar-refractivity contribution is 0.196. The Kier molecular flexibility index (Phi) is 4.17. The largest absolute Gasteiger partial charge is 0.392 e. The van der Waals surface area contributed by atoms with Gasteiger partial charge in [-0.25, -0.2) is 0 Å². The van der Waals surface area contributed by atoms with Crippen molar-refractivity contribution in [2.75, 3.05) is 0 Å². The maximum absolute atomic E-state index is 9.35. The first-order valence-electron chi connectivity index (χ1n) is 4.80. The van der Waals surface area contributed by atoms with E-state index >= 15 is 0 Å². The summed E-state index contributed by atoms with van der Waals surface area (Å²) < 4.78 is 0. The molecule has 0 aliphatic rings. The molecule has 1 aromatic carbocycles. The second-order valence-electron chi connectivity index (χ2n) is 3.50. The zero-order chi connectivity index (χ0) is 11.4. The lowest BCUT2D eigenvalue weighted by Gasteiger charge is -2.13. The van der Waals surface area contributed by atoms with Crippen LogP contribution in [-0.4, -0.2) is 22.3 Å². The standard InChI is InChI=1S/C11H16N2OS/c1-7(14)8(2)15-10-5-3-9(4-6-10)11(12)13/h3-8,14H,1-2H3,(H3,12,13). The number of rotatable bonds is 4. The monoisotopic (exact) mass is 224 g/mol. The number of aliphatic hydroxyl groups excluding tert-OH is 1. The van der Waals surface area contributed by atoms with E-state index in [9.17, 15) is 5.11 Å². The van der Waals surface area contributed by atoms with Crippen molar-refractivity contribution in [3.05, 3.63) is 29.8 Å². The summed E-state index contributed by atoms with van der Waals surface area (Å²) in [6, 6.07) is 7.47. The number of nitrogens with two attached hydrogens (primary N) is 1. The lowest BCUT2D eigenvalue weighted by atomic mass is 10.2. The Hall–Kier alpha value is -1.00. The van der Waals surface area contributed by atoms with Crippen LogP contribution in [-0.2, 0) is 0 Å². The molecule has 0 radical (unpaired) electrons. The fraction of sp³-hybridized carbons (Fsp3) is 0.364. The SMILES string of the molecule is CC(O)C(C)Sc1ccc(C(=N)N)cc1. The summed E-state index contributed by atoms with van der Waals surface area (Å²) in [6.45, 7) is 3.76. The normalized spacial score (nSPS) is 14.6. The molecule has 4 heteroatoms. The first-order chi connectivity index (χ1) is 7.00. The van der Waals surface area contributed by atoms with E-state index in [2.05, 4.69) is 0 Å². The van der Waals surface area contributed by atoms with Crippen LogP contribution in [0.5, 0.6) is 0 Å². The van der Waals surface area contributed by atoms with Crippen molar-refractivity contribution in [2.45, 2.75) is 30.1 Å². The molecular weight excluding hydrogens is 208 g/mol. The van der Waals surface area contributed by atoms with Crippen molar-refractivity contribution < 1.29 is 5.11 Å². The third kappa shape index (κ3) is 3.57. The number of hydrogen-bond acceptors (Lipinski definition) is 3. The molecule has 2 unspecified atom stereocenters. The second kappa shape index (κ2) is 5.19. The molecular formula is C11H16N2OS. The third-order valence-electron chi connectivity index (χ3n) is 2.17. The van der Waals surface area contributed by atoms with Crippen LogP contribution in [0.4, 0.5) is 0 Å². The number of benzene rings is 1. The molecule has 3 nitrogen and oxygen atoms in total. The molecule has 1 aromatic rings. The maximum atomic E-state index is 9.35. The highest BCUT2D eigenvalue weighted by molar-refractivity contribution is 8.00. The third-order valence-corrected chi connectivity index (χ3v) is 3.48. The average Bonchev–Trinajstić information content (AvgIpc) is 2.18. The second-order valence-corrected chi connectivity index (χ2v) is 4.95. The molecule has 0 aliphatic heterocycles. The molecule has 0 saturated carbocycles. The van der Waals surface area contributed by atoms with E-state index in [0.717, 1.165) is 10.5 Å². The number of aliphatic hydroxyl groups is 1. The smallest absolute Gasteiger partial charge is 0.122 e. The van der Waals surface area contributed by atoms with E-state index in [1.807, 2.05) is 31.2 Å². The molecule has 15 heavy (non-hydrogen) atoms. The first-order valence-corrected chi connectivity index (χ1v) is 5.68. The van der Waals surface area contributed by atoms with E-state index in [-0.39, 0.29) is 17.2 Å². The zero-order valence-corrected chi connectivity index (χ0v) is 9.71. The molecule has 0 amide bonds. The van der Waals surface area contributed by atoms with Gasteiger partial charge in [0.25, 0.3) is 0 Å². The first kappa shape index (κ1) is 12.1. The lowest BCUT2D eigenvalue weighted by Crippen LogP contribution is -2.15. The van der Waals surface area contributed by atoms with Crippen LogP contribution in [0.15, 0.2) is 29.2 Å². The van der Waals surface area contributed by atoms with E-state index < -0.39 is 0 Å². The van der Waals surface area contributed by atoms with Gasteiger partial charge in [-0.2, -0.15) is 0 Å². The predicted octanol–water partition coefficient (Wildman–Crippen LogP) is 1.83. The van der Waals surface area contributed by atoms with Crippen molar-refractivity contribution in [1.82, 2.24) is 0 Å². The Balaban J connectivity index is 2.68. The summed E-state index contributed by atoms with van der Waals surface area (Å²) in [4.78, 5) is 1.08. The van der Waals surface area contributed by atoms with Gasteiger partial charge in [-0.3, -0.25) is 5.41 Å². The summed E-state index contributed by atoms with van der Waals surface area (Å²) >= 11 is 1.61. The van der Waals surface area contributed by atoms with Gasteiger partial charge < -0.3 is 10.8 Å². The zero-order valence-electron chi connectivity index (χ0n) is 8.90. The van der Waals surface area contributed by atoms with Crippen LogP contribution in [0, 0.1) is 5.41 Å². The van der Waals surface area contributed by atoms with Gasteiger partial charge in [0.1, 0.15) is 5.84 Å². The van der Waals surface area contributed by atoms with Gasteiger partial charge in [0.2, 0.25) is 0 Å². The molecule has 0 spiro atoms. The van der Waals surface area contributed by atoms with E-state index in [1.54, 1.807) is 18.7 Å². The van der Waals surface area contributed by atoms with E-state index in [0.29, 0.717) is 0 Å². The van der Waals surface area contributed by atoms with Crippen molar-refractivity contribution in [2.24, 2.45) is 5.73 Å². The molecule has 2 atom stereocenters. The Bertz CT molecular complexity index is 335. The van der Waals surface area contributed by atoms with E-state index in [4.69, 9.17) is 11.1 Å². The molecule has 0 fully saturated rings. The molecule has 82 valence electrons. The van der Waals surface area contributed by atoms with Crippen LogP contribution >= 0.6 is 11.8 Å². The van der Waals surface area contributed by atoms with Crippen LogP contribution in [0.2, 0.25) is 0 Å². The molecule has 1 rings (SSSR count). The van der Waals surface area contributed by atoms with Gasteiger partial charge in [0.15, 0.2) is 0 Å². The summed E-state index contributed by atoms with van der Waals surface area (Å²) in [6.07, 6.45) is -0.331. The fourth-order valence-electron chi connectivity index (χ4n) is 1.03. The number of nitrogen functional groups attached to an aromatic ring is 1. The van der Waals surface area contributed by atoms with Crippen LogP contribution in [0.25, 0.3) is 0 Å². The summed E-state index contributed by atoms with van der Waals surface area (Å²) in [5.41, 5.74) is 6.08. The van der Waals surface area contributed by atoms with E-state index in [1.165, 1.54) is 0 Å². The topological polar surface area (TPSA) is 70.1 Å². The highest BCUT2D eigenvalue weighted by Gasteiger charge is 2.10. The summed E-state index contributed by atoms with van der Waals surface area (Å²) in [5, 5.41) is 16.8. The molecule has 0 heterocycles. The van der Waals surface area contributed by atoms with Crippen LogP contribution in [0.1, 0.15) is 19.4 Å². The molecule has 0 aliphatic carbocycles. The maximum Gasteiger partial charge on any atom is 0.122 e. The summed E-state index contributed by atoms with van der Waals surface area (Å²) in [5.74, 6) is 0.0788. The quantitative estimate of drug-likeness (QED) is 0.415. The van der Waals surface area contributed by atoms with Crippen LogP contribution in [0.3, 0.4) is 0 Å². The van der Waals surface area contributed by atoms with Crippen molar-refractivity contribution in [3.8, 4) is 0 Å².